The average Bonchev–Trinajstić information content (AvgIpc) is 2.81. The number of carboxylic acids is 1. The summed E-state index contributed by atoms with van der Waals surface area (Å²) in [6.45, 7) is 3.94. The van der Waals surface area contributed by atoms with E-state index in [2.05, 4.69) is 6.92 Å². The maximum atomic E-state index is 10.5. The molecule has 5 nitrogen and oxygen atoms in total. The molecular weight excluding hydrogens is 332 g/mol. The molecule has 0 aromatic rings. The largest absolute Gasteiger partial charge is 0.481 e. The molecule has 1 fully saturated rings. The van der Waals surface area contributed by atoms with Crippen molar-refractivity contribution in [1.82, 2.24) is 0 Å². The van der Waals surface area contributed by atoms with Gasteiger partial charge in [0.25, 0.3) is 0 Å². The van der Waals surface area contributed by atoms with Crippen LogP contribution in [0.15, 0.2) is 12.2 Å². The van der Waals surface area contributed by atoms with Gasteiger partial charge in [-0.2, -0.15) is 0 Å². The lowest BCUT2D eigenvalue weighted by Gasteiger charge is -2.22. The molecule has 0 saturated heterocycles. The summed E-state index contributed by atoms with van der Waals surface area (Å²) in [6.07, 6.45) is 10.6. The number of hydrogen-bond acceptors (Lipinski definition) is 4. The van der Waals surface area contributed by atoms with E-state index >= 15 is 0 Å². The first kappa shape index (κ1) is 23.1. The van der Waals surface area contributed by atoms with Gasteiger partial charge >= 0.3 is 5.97 Å². The van der Waals surface area contributed by atoms with Gasteiger partial charge in [0.1, 0.15) is 0 Å². The smallest absolute Gasteiger partial charge is 0.303 e. The Hall–Kier alpha value is -0.910. The zero-order chi connectivity index (χ0) is 19.5. The second-order valence-electron chi connectivity index (χ2n) is 8.10. The molecule has 0 heterocycles. The SMILES string of the molecule is C[C@@H]1C[C@@H](O)[C@H](/C=C/[C@@H](O)CCC[C@@H](C)O)[C@H]1CCCCCCC(=O)O. The van der Waals surface area contributed by atoms with Crippen LogP contribution in [0.1, 0.15) is 78.1 Å². The first-order valence-electron chi connectivity index (χ1n) is 10.3. The Labute approximate surface area is 158 Å². The number of aliphatic carboxylic acids is 1. The number of aliphatic hydroxyl groups is 3. The van der Waals surface area contributed by atoms with Crippen LogP contribution in [0.5, 0.6) is 0 Å². The second kappa shape index (κ2) is 12.5. The summed E-state index contributed by atoms with van der Waals surface area (Å²) in [6, 6.07) is 0. The summed E-state index contributed by atoms with van der Waals surface area (Å²) >= 11 is 0. The highest BCUT2D eigenvalue weighted by Crippen LogP contribution is 2.41. The molecular formula is C21H38O5. The maximum absolute atomic E-state index is 10.5. The summed E-state index contributed by atoms with van der Waals surface area (Å²) in [5, 5.41) is 38.4. The van der Waals surface area contributed by atoms with E-state index < -0.39 is 12.1 Å². The molecule has 26 heavy (non-hydrogen) atoms. The molecule has 0 unspecified atom stereocenters. The molecule has 0 spiro atoms. The van der Waals surface area contributed by atoms with Gasteiger partial charge in [0.15, 0.2) is 0 Å². The molecule has 0 aromatic heterocycles. The van der Waals surface area contributed by atoms with Gasteiger partial charge in [0.2, 0.25) is 0 Å². The third-order valence-electron chi connectivity index (χ3n) is 5.64. The van der Waals surface area contributed by atoms with Crippen LogP contribution in [-0.4, -0.2) is 44.7 Å². The van der Waals surface area contributed by atoms with Crippen molar-refractivity contribution in [2.24, 2.45) is 17.8 Å². The zero-order valence-electron chi connectivity index (χ0n) is 16.4. The fourth-order valence-electron chi connectivity index (χ4n) is 4.11. The van der Waals surface area contributed by atoms with Gasteiger partial charge in [-0.25, -0.2) is 0 Å². The van der Waals surface area contributed by atoms with Gasteiger partial charge in [0, 0.05) is 12.3 Å². The highest BCUT2D eigenvalue weighted by Gasteiger charge is 2.38. The predicted molar refractivity (Wildman–Crippen MR) is 103 cm³/mol. The topological polar surface area (TPSA) is 98.0 Å². The Balaban J connectivity index is 2.38. The fourth-order valence-corrected chi connectivity index (χ4v) is 4.11. The molecule has 5 heteroatoms. The van der Waals surface area contributed by atoms with Gasteiger partial charge in [-0.15, -0.1) is 0 Å². The van der Waals surface area contributed by atoms with Crippen molar-refractivity contribution in [3.63, 3.8) is 0 Å². The van der Waals surface area contributed by atoms with E-state index in [-0.39, 0.29) is 24.5 Å². The van der Waals surface area contributed by atoms with Gasteiger partial charge < -0.3 is 20.4 Å². The minimum absolute atomic E-state index is 0.0930. The first-order chi connectivity index (χ1) is 12.3. The van der Waals surface area contributed by atoms with Crippen LogP contribution in [0.2, 0.25) is 0 Å². The summed E-state index contributed by atoms with van der Waals surface area (Å²) in [5.41, 5.74) is 0. The highest BCUT2D eigenvalue weighted by molar-refractivity contribution is 5.66. The lowest BCUT2D eigenvalue weighted by Crippen LogP contribution is -2.19. The van der Waals surface area contributed by atoms with Gasteiger partial charge in [-0.3, -0.25) is 4.79 Å². The molecule has 0 aromatic carbocycles. The van der Waals surface area contributed by atoms with Crippen LogP contribution < -0.4 is 0 Å². The van der Waals surface area contributed by atoms with E-state index in [0.717, 1.165) is 44.9 Å². The van der Waals surface area contributed by atoms with Gasteiger partial charge in [0.05, 0.1) is 18.3 Å². The van der Waals surface area contributed by atoms with Crippen LogP contribution in [-0.2, 0) is 4.79 Å². The molecule has 6 atom stereocenters. The van der Waals surface area contributed by atoms with Crippen molar-refractivity contribution >= 4 is 5.97 Å². The Kier molecular flexibility index (Phi) is 11.1. The normalized spacial score (nSPS) is 28.5. The number of carbonyl (C=O) groups is 1. The molecule has 0 amide bonds. The third kappa shape index (κ3) is 9.15. The average molecular weight is 371 g/mol. The lowest BCUT2D eigenvalue weighted by molar-refractivity contribution is -0.137. The van der Waals surface area contributed by atoms with Crippen LogP contribution in [0.3, 0.4) is 0 Å². The van der Waals surface area contributed by atoms with Crippen molar-refractivity contribution in [2.45, 2.75) is 96.4 Å². The Morgan fingerprint density at radius 3 is 2.46 bits per heavy atom. The van der Waals surface area contributed by atoms with E-state index in [0.29, 0.717) is 24.7 Å². The predicted octanol–water partition coefficient (Wildman–Crippen LogP) is 3.51. The summed E-state index contributed by atoms with van der Waals surface area (Å²) in [5.74, 6) is 0.251. The first-order valence-corrected chi connectivity index (χ1v) is 10.3. The van der Waals surface area contributed by atoms with Crippen molar-refractivity contribution in [2.75, 3.05) is 0 Å². The standard InChI is InChI=1S/C21H38O5/c1-15-14-20(24)19(13-12-17(23)9-7-8-16(2)22)18(15)10-5-3-4-6-11-21(25)26/h12-13,15-20,22-24H,3-11,14H2,1-2H3,(H,25,26)/b13-12+/t15-,16-,17+,18+,19-,20-/m1/s1. The van der Waals surface area contributed by atoms with E-state index in [1.165, 1.54) is 0 Å². The Morgan fingerprint density at radius 2 is 1.81 bits per heavy atom. The number of aliphatic hydroxyl groups excluding tert-OH is 3. The molecule has 1 saturated carbocycles. The van der Waals surface area contributed by atoms with E-state index in [9.17, 15) is 20.1 Å². The third-order valence-corrected chi connectivity index (χ3v) is 5.64. The van der Waals surface area contributed by atoms with E-state index in [4.69, 9.17) is 5.11 Å². The zero-order valence-corrected chi connectivity index (χ0v) is 16.4. The molecule has 152 valence electrons. The van der Waals surface area contributed by atoms with Crippen LogP contribution in [0.25, 0.3) is 0 Å². The monoisotopic (exact) mass is 370 g/mol. The number of carboxylic acid groups (broad SMARTS) is 1. The van der Waals surface area contributed by atoms with Crippen LogP contribution in [0.4, 0.5) is 0 Å². The molecule has 4 N–H and O–H groups in total. The molecule has 0 aliphatic heterocycles. The molecule has 1 aliphatic rings. The maximum Gasteiger partial charge on any atom is 0.303 e. The van der Waals surface area contributed by atoms with E-state index in [1.54, 1.807) is 6.92 Å². The molecule has 1 aliphatic carbocycles. The molecule has 0 bridgehead atoms. The summed E-state index contributed by atoms with van der Waals surface area (Å²) in [4.78, 5) is 10.5. The van der Waals surface area contributed by atoms with Crippen LogP contribution >= 0.6 is 0 Å². The number of rotatable bonds is 13. The Morgan fingerprint density at radius 1 is 1.12 bits per heavy atom. The fraction of sp³-hybridized carbons (Fsp3) is 0.857. The number of unbranched alkanes of at least 4 members (excludes halogenated alkanes) is 3. The van der Waals surface area contributed by atoms with E-state index in [1.807, 2.05) is 12.2 Å². The molecule has 1 rings (SSSR count). The van der Waals surface area contributed by atoms with Crippen molar-refractivity contribution < 1.29 is 25.2 Å². The minimum Gasteiger partial charge on any atom is -0.481 e. The summed E-state index contributed by atoms with van der Waals surface area (Å²) < 4.78 is 0. The lowest BCUT2D eigenvalue weighted by atomic mass is 9.84. The number of hydrogen-bond donors (Lipinski definition) is 4. The quantitative estimate of drug-likeness (QED) is 0.294. The van der Waals surface area contributed by atoms with Crippen molar-refractivity contribution in [3.8, 4) is 0 Å². The highest BCUT2D eigenvalue weighted by atomic mass is 16.4. The van der Waals surface area contributed by atoms with Gasteiger partial charge in [-0.05, 0) is 57.3 Å². The summed E-state index contributed by atoms with van der Waals surface area (Å²) in [7, 11) is 0. The van der Waals surface area contributed by atoms with Crippen molar-refractivity contribution in [1.29, 1.82) is 0 Å². The van der Waals surface area contributed by atoms with Crippen molar-refractivity contribution in [3.05, 3.63) is 12.2 Å². The second-order valence-corrected chi connectivity index (χ2v) is 8.10. The Bertz CT molecular complexity index is 421. The van der Waals surface area contributed by atoms with Crippen LogP contribution in [0, 0.1) is 17.8 Å². The minimum atomic E-state index is -0.727. The molecule has 0 radical (unpaired) electrons. The van der Waals surface area contributed by atoms with Gasteiger partial charge in [-0.1, -0.05) is 38.3 Å².